The van der Waals surface area contributed by atoms with E-state index in [-0.39, 0.29) is 0 Å². The van der Waals surface area contributed by atoms with Crippen molar-refractivity contribution in [1.82, 2.24) is 10.2 Å². The molecular weight excluding hydrogens is 204 g/mol. The lowest BCUT2D eigenvalue weighted by Crippen LogP contribution is -2.51. The Labute approximate surface area is 98.0 Å². The lowest BCUT2D eigenvalue weighted by atomic mass is 9.97. The first-order valence-corrected chi connectivity index (χ1v) is 6.18. The molecule has 4 heteroatoms. The van der Waals surface area contributed by atoms with Crippen LogP contribution in [0.25, 0.3) is 0 Å². The number of rotatable bonds is 8. The zero-order valence-electron chi connectivity index (χ0n) is 10.6. The van der Waals surface area contributed by atoms with Gasteiger partial charge in [-0.1, -0.05) is 6.92 Å². The maximum Gasteiger partial charge on any atom is 0.323 e. The Morgan fingerprint density at radius 3 is 2.62 bits per heavy atom. The minimum Gasteiger partial charge on any atom is -0.480 e. The summed E-state index contributed by atoms with van der Waals surface area (Å²) in [4.78, 5) is 13.5. The Balaban J connectivity index is 2.39. The molecule has 0 aromatic carbocycles. The summed E-state index contributed by atoms with van der Waals surface area (Å²) in [7, 11) is 2.08. The van der Waals surface area contributed by atoms with Crippen molar-refractivity contribution in [3.05, 3.63) is 0 Å². The zero-order valence-corrected chi connectivity index (χ0v) is 10.6. The fraction of sp³-hybridized carbons (Fsp3) is 0.917. The molecule has 0 aromatic rings. The van der Waals surface area contributed by atoms with E-state index in [9.17, 15) is 9.90 Å². The van der Waals surface area contributed by atoms with Gasteiger partial charge < -0.3 is 15.3 Å². The molecule has 4 nitrogen and oxygen atoms in total. The van der Waals surface area contributed by atoms with Gasteiger partial charge in [0.25, 0.3) is 0 Å². The van der Waals surface area contributed by atoms with Crippen molar-refractivity contribution in [3.63, 3.8) is 0 Å². The molecule has 0 bridgehead atoms. The molecule has 0 spiro atoms. The van der Waals surface area contributed by atoms with Crippen LogP contribution < -0.4 is 5.32 Å². The molecule has 0 aliphatic heterocycles. The van der Waals surface area contributed by atoms with E-state index < -0.39 is 11.5 Å². The summed E-state index contributed by atoms with van der Waals surface area (Å²) in [6.07, 6.45) is 4.15. The number of carboxylic acids is 1. The quantitative estimate of drug-likeness (QED) is 0.658. The van der Waals surface area contributed by atoms with Crippen LogP contribution in [0, 0.1) is 0 Å². The van der Waals surface area contributed by atoms with Gasteiger partial charge in [-0.25, -0.2) is 0 Å². The van der Waals surface area contributed by atoms with E-state index in [0.29, 0.717) is 12.5 Å². The van der Waals surface area contributed by atoms with Gasteiger partial charge >= 0.3 is 5.97 Å². The summed E-state index contributed by atoms with van der Waals surface area (Å²) in [5.74, 6) is -0.745. The van der Waals surface area contributed by atoms with E-state index in [4.69, 9.17) is 0 Å². The highest BCUT2D eigenvalue weighted by molar-refractivity contribution is 5.78. The highest BCUT2D eigenvalue weighted by Crippen LogP contribution is 2.26. The Morgan fingerprint density at radius 2 is 2.19 bits per heavy atom. The largest absolute Gasteiger partial charge is 0.480 e. The van der Waals surface area contributed by atoms with Gasteiger partial charge in [0.15, 0.2) is 0 Å². The van der Waals surface area contributed by atoms with Crippen molar-refractivity contribution in [2.24, 2.45) is 0 Å². The summed E-state index contributed by atoms with van der Waals surface area (Å²) in [5, 5.41) is 12.4. The molecule has 0 amide bonds. The van der Waals surface area contributed by atoms with Gasteiger partial charge in [-0.2, -0.15) is 0 Å². The first kappa shape index (κ1) is 13.5. The predicted molar refractivity (Wildman–Crippen MR) is 64.6 cm³/mol. The van der Waals surface area contributed by atoms with E-state index >= 15 is 0 Å². The number of hydrogen-bond donors (Lipinski definition) is 2. The third-order valence-corrected chi connectivity index (χ3v) is 3.37. The fourth-order valence-corrected chi connectivity index (χ4v) is 1.77. The second-order valence-electron chi connectivity index (χ2n) is 5.03. The summed E-state index contributed by atoms with van der Waals surface area (Å²) >= 11 is 0. The van der Waals surface area contributed by atoms with Gasteiger partial charge in [0, 0.05) is 12.6 Å². The lowest BCUT2D eigenvalue weighted by molar-refractivity contribution is -0.144. The van der Waals surface area contributed by atoms with Crippen LogP contribution >= 0.6 is 0 Å². The van der Waals surface area contributed by atoms with Gasteiger partial charge in [0.05, 0.1) is 0 Å². The highest BCUT2D eigenvalue weighted by atomic mass is 16.4. The second-order valence-corrected chi connectivity index (χ2v) is 5.03. The van der Waals surface area contributed by atoms with Gasteiger partial charge in [-0.05, 0) is 46.2 Å². The molecule has 1 saturated carbocycles. The molecule has 0 radical (unpaired) electrons. The molecule has 0 saturated heterocycles. The van der Waals surface area contributed by atoms with Crippen molar-refractivity contribution >= 4 is 5.97 Å². The Hall–Kier alpha value is -0.610. The van der Waals surface area contributed by atoms with Crippen molar-refractivity contribution in [2.75, 3.05) is 20.1 Å². The van der Waals surface area contributed by atoms with Gasteiger partial charge in [0.1, 0.15) is 5.54 Å². The molecule has 1 atom stereocenters. The average molecular weight is 228 g/mol. The summed E-state index contributed by atoms with van der Waals surface area (Å²) in [5.41, 5.74) is -0.779. The molecule has 2 N–H and O–H groups in total. The number of aliphatic carboxylic acids is 1. The Kier molecular flexibility index (Phi) is 4.74. The van der Waals surface area contributed by atoms with Crippen LogP contribution in [0.3, 0.4) is 0 Å². The van der Waals surface area contributed by atoms with Crippen molar-refractivity contribution < 1.29 is 9.90 Å². The minimum absolute atomic E-state index is 0.662. The smallest absolute Gasteiger partial charge is 0.323 e. The SMILES string of the molecule is CCCNC(C)(CCN(C)C1CC1)C(=O)O. The highest BCUT2D eigenvalue weighted by Gasteiger charge is 2.34. The molecule has 0 aromatic heterocycles. The minimum atomic E-state index is -0.779. The van der Waals surface area contributed by atoms with E-state index in [1.165, 1.54) is 12.8 Å². The predicted octanol–water partition coefficient (Wildman–Crippen LogP) is 1.31. The summed E-state index contributed by atoms with van der Waals surface area (Å²) in [6, 6.07) is 0.698. The topological polar surface area (TPSA) is 52.6 Å². The molecule has 1 aliphatic carbocycles. The third kappa shape index (κ3) is 3.76. The standard InChI is InChI=1S/C12H24N2O2/c1-4-8-13-12(2,11(15)16)7-9-14(3)10-5-6-10/h10,13H,4-9H2,1-3H3,(H,15,16). The number of carboxylic acid groups (broad SMARTS) is 1. The van der Waals surface area contributed by atoms with Crippen molar-refractivity contribution in [1.29, 1.82) is 0 Å². The lowest BCUT2D eigenvalue weighted by Gasteiger charge is -2.28. The first-order chi connectivity index (χ1) is 7.49. The maximum absolute atomic E-state index is 11.2. The van der Waals surface area contributed by atoms with Crippen LogP contribution in [0.5, 0.6) is 0 Å². The number of carbonyl (C=O) groups is 1. The molecule has 1 rings (SSSR count). The van der Waals surface area contributed by atoms with Crippen LogP contribution in [0.2, 0.25) is 0 Å². The van der Waals surface area contributed by atoms with Gasteiger partial charge in [-0.3, -0.25) is 4.79 Å². The summed E-state index contributed by atoms with van der Waals surface area (Å²) < 4.78 is 0. The van der Waals surface area contributed by atoms with E-state index in [1.54, 1.807) is 6.92 Å². The zero-order chi connectivity index (χ0) is 12.2. The van der Waals surface area contributed by atoms with Crippen LogP contribution in [0.4, 0.5) is 0 Å². The second kappa shape index (κ2) is 5.64. The number of hydrogen-bond acceptors (Lipinski definition) is 3. The monoisotopic (exact) mass is 228 g/mol. The van der Waals surface area contributed by atoms with Crippen LogP contribution in [-0.2, 0) is 4.79 Å². The first-order valence-electron chi connectivity index (χ1n) is 6.18. The van der Waals surface area contributed by atoms with Crippen LogP contribution in [0.15, 0.2) is 0 Å². The van der Waals surface area contributed by atoms with Crippen LogP contribution in [-0.4, -0.2) is 47.7 Å². The molecule has 0 heterocycles. The Morgan fingerprint density at radius 1 is 1.56 bits per heavy atom. The maximum atomic E-state index is 11.2. The molecule has 16 heavy (non-hydrogen) atoms. The average Bonchev–Trinajstić information content (AvgIpc) is 3.06. The normalized spacial score (nSPS) is 19.8. The molecule has 94 valence electrons. The van der Waals surface area contributed by atoms with Crippen LogP contribution in [0.1, 0.15) is 39.5 Å². The van der Waals surface area contributed by atoms with E-state index in [0.717, 1.165) is 19.5 Å². The third-order valence-electron chi connectivity index (χ3n) is 3.37. The number of nitrogens with zero attached hydrogens (tertiary/aromatic N) is 1. The fourth-order valence-electron chi connectivity index (χ4n) is 1.77. The molecule has 1 fully saturated rings. The molecule has 1 aliphatic rings. The molecular formula is C12H24N2O2. The summed E-state index contributed by atoms with van der Waals surface area (Å²) in [6.45, 7) is 5.44. The Bertz CT molecular complexity index is 241. The van der Waals surface area contributed by atoms with Crippen molar-refractivity contribution in [2.45, 2.75) is 51.1 Å². The number of nitrogens with one attached hydrogen (secondary N) is 1. The van der Waals surface area contributed by atoms with Crippen molar-refractivity contribution in [3.8, 4) is 0 Å². The molecule has 1 unspecified atom stereocenters. The van der Waals surface area contributed by atoms with Gasteiger partial charge in [-0.15, -0.1) is 0 Å². The van der Waals surface area contributed by atoms with E-state index in [2.05, 4.69) is 17.3 Å². The van der Waals surface area contributed by atoms with Gasteiger partial charge in [0.2, 0.25) is 0 Å². The van der Waals surface area contributed by atoms with E-state index in [1.807, 2.05) is 6.92 Å².